The monoisotopic (exact) mass is 633 g/mol. The fourth-order valence-corrected chi connectivity index (χ4v) is 6.38. The van der Waals surface area contributed by atoms with Crippen molar-refractivity contribution >= 4 is 22.8 Å². The first-order valence-electron chi connectivity index (χ1n) is 14.9. The Morgan fingerprint density at radius 3 is 2.50 bits per heavy atom. The van der Waals surface area contributed by atoms with Crippen molar-refractivity contribution < 1.29 is 27.9 Å². The van der Waals surface area contributed by atoms with Gasteiger partial charge in [0.1, 0.15) is 28.5 Å². The average molecular weight is 634 g/mol. The summed E-state index contributed by atoms with van der Waals surface area (Å²) in [6.45, 7) is 10.4. The summed E-state index contributed by atoms with van der Waals surface area (Å²) in [4.78, 5) is 51.0. The third-order valence-electron chi connectivity index (χ3n) is 8.53. The first-order chi connectivity index (χ1) is 21.8. The maximum absolute atomic E-state index is 16.1. The Morgan fingerprint density at radius 1 is 1.17 bits per heavy atom. The highest BCUT2D eigenvalue weighted by Crippen LogP contribution is 2.40. The SMILES string of the molecule is C=C(F)C(=O)N1CCC(c2c(C(=O)NC)c(=O)n(-c3c(C)ccnc3C(C)C)c3nc(-c4c(O)cccc4F)c(F)cc23)C[C@H]1C. The highest BCUT2D eigenvalue weighted by atomic mass is 19.1. The van der Waals surface area contributed by atoms with Crippen LogP contribution in [0.3, 0.4) is 0 Å². The Labute approximate surface area is 263 Å². The van der Waals surface area contributed by atoms with Gasteiger partial charge in [-0.2, -0.15) is 0 Å². The standard InChI is InChI=1S/C34H34F3N5O4/c1-16(2)28-30(17(3)10-12-39-28)42-31-21(15-23(37)29(40-31)26-22(36)8-7-9-24(26)43)25(27(34(42)46)32(44)38-6)20-11-13-41(18(4)14-20)33(45)19(5)35/h7-10,12,15-16,18,20,43H,5,11,13-14H2,1-4,6H3,(H,38,44)/t18-,20?/m1/s1. The first-order valence-corrected chi connectivity index (χ1v) is 14.9. The Bertz CT molecular complexity index is 1950. The van der Waals surface area contributed by atoms with Crippen LogP contribution in [0.4, 0.5) is 13.2 Å². The average Bonchev–Trinajstić information content (AvgIpc) is 3.00. The van der Waals surface area contributed by atoms with E-state index < -0.39 is 63.8 Å². The quantitative estimate of drug-likeness (QED) is 0.259. The van der Waals surface area contributed by atoms with Crippen molar-refractivity contribution in [2.24, 2.45) is 0 Å². The van der Waals surface area contributed by atoms with Crippen molar-refractivity contribution in [2.45, 2.75) is 58.4 Å². The van der Waals surface area contributed by atoms with Gasteiger partial charge in [0.15, 0.2) is 11.6 Å². The van der Waals surface area contributed by atoms with E-state index in [1.165, 1.54) is 28.6 Å². The lowest BCUT2D eigenvalue weighted by Crippen LogP contribution is -2.45. The molecular weight excluding hydrogens is 599 g/mol. The van der Waals surface area contributed by atoms with Crippen LogP contribution in [0.1, 0.15) is 72.6 Å². The van der Waals surface area contributed by atoms with Crippen LogP contribution in [-0.2, 0) is 4.79 Å². The lowest BCUT2D eigenvalue weighted by atomic mass is 9.81. The zero-order chi connectivity index (χ0) is 33.6. The summed E-state index contributed by atoms with van der Waals surface area (Å²) in [5.41, 5.74) is -0.437. The summed E-state index contributed by atoms with van der Waals surface area (Å²) in [5.74, 6) is -5.90. The zero-order valence-electron chi connectivity index (χ0n) is 26.1. The number of likely N-dealkylation sites (tertiary alicyclic amines) is 1. The number of aromatic hydroxyl groups is 1. The number of piperidine rings is 1. The van der Waals surface area contributed by atoms with Gasteiger partial charge < -0.3 is 15.3 Å². The van der Waals surface area contributed by atoms with Crippen molar-refractivity contribution in [3.8, 4) is 22.7 Å². The van der Waals surface area contributed by atoms with Crippen LogP contribution in [0.25, 0.3) is 28.0 Å². The Kier molecular flexibility index (Phi) is 8.74. The fourth-order valence-electron chi connectivity index (χ4n) is 6.38. The van der Waals surface area contributed by atoms with Crippen LogP contribution < -0.4 is 10.9 Å². The Balaban J connectivity index is 1.93. The highest BCUT2D eigenvalue weighted by molar-refractivity contribution is 6.01. The van der Waals surface area contributed by atoms with Crippen LogP contribution in [0.5, 0.6) is 5.75 Å². The number of hydrogen-bond acceptors (Lipinski definition) is 6. The van der Waals surface area contributed by atoms with Gasteiger partial charge in [0.2, 0.25) is 0 Å². The van der Waals surface area contributed by atoms with E-state index in [-0.39, 0.29) is 47.5 Å². The van der Waals surface area contributed by atoms with E-state index in [2.05, 4.69) is 21.9 Å². The van der Waals surface area contributed by atoms with Crippen molar-refractivity contribution in [1.29, 1.82) is 0 Å². The second kappa shape index (κ2) is 12.4. The summed E-state index contributed by atoms with van der Waals surface area (Å²) >= 11 is 0. The molecule has 1 aliphatic heterocycles. The van der Waals surface area contributed by atoms with Gasteiger partial charge >= 0.3 is 0 Å². The van der Waals surface area contributed by atoms with Gasteiger partial charge in [0, 0.05) is 31.2 Å². The number of aromatic nitrogens is 3. The van der Waals surface area contributed by atoms with E-state index >= 15 is 8.78 Å². The molecule has 1 fully saturated rings. The van der Waals surface area contributed by atoms with Crippen molar-refractivity contribution in [1.82, 2.24) is 24.8 Å². The van der Waals surface area contributed by atoms with Crippen LogP contribution in [0.2, 0.25) is 0 Å². The molecule has 1 aromatic carbocycles. The minimum absolute atomic E-state index is 0.0759. The molecule has 240 valence electrons. The molecule has 5 rings (SSSR count). The van der Waals surface area contributed by atoms with Crippen molar-refractivity contribution in [3.05, 3.63) is 93.3 Å². The summed E-state index contributed by atoms with van der Waals surface area (Å²) in [7, 11) is 1.37. The number of carbonyl (C=O) groups is 2. The van der Waals surface area contributed by atoms with E-state index in [1.54, 1.807) is 26.1 Å². The minimum Gasteiger partial charge on any atom is -0.507 e. The second-order valence-electron chi connectivity index (χ2n) is 11.8. The molecule has 0 aliphatic carbocycles. The number of rotatable bonds is 6. The predicted octanol–water partition coefficient (Wildman–Crippen LogP) is 5.80. The maximum atomic E-state index is 16.1. The minimum atomic E-state index is -1.10. The lowest BCUT2D eigenvalue weighted by Gasteiger charge is -2.38. The zero-order valence-corrected chi connectivity index (χ0v) is 26.1. The van der Waals surface area contributed by atoms with Crippen LogP contribution >= 0.6 is 0 Å². The van der Waals surface area contributed by atoms with Crippen LogP contribution in [-0.4, -0.2) is 56.0 Å². The Morgan fingerprint density at radius 2 is 1.89 bits per heavy atom. The van der Waals surface area contributed by atoms with E-state index in [0.717, 1.165) is 12.1 Å². The van der Waals surface area contributed by atoms with E-state index in [4.69, 9.17) is 0 Å². The molecule has 2 N–H and O–H groups in total. The van der Waals surface area contributed by atoms with Crippen LogP contribution in [0.15, 0.2) is 53.7 Å². The number of phenols is 1. The number of nitrogens with zero attached hydrogens (tertiary/aromatic N) is 4. The third kappa shape index (κ3) is 5.41. The summed E-state index contributed by atoms with van der Waals surface area (Å²) in [6.07, 6.45) is 2.02. The molecular formula is C34H34F3N5O4. The smallest absolute Gasteiger partial charge is 0.282 e. The highest BCUT2D eigenvalue weighted by Gasteiger charge is 2.36. The molecule has 3 aromatic heterocycles. The molecule has 0 radical (unpaired) electrons. The number of nitrogens with one attached hydrogen (secondary N) is 1. The largest absolute Gasteiger partial charge is 0.507 e. The number of fused-ring (bicyclic) bond motifs is 1. The van der Waals surface area contributed by atoms with E-state index in [1.807, 2.05) is 13.8 Å². The first kappa shape index (κ1) is 32.4. The van der Waals surface area contributed by atoms with Crippen molar-refractivity contribution in [3.63, 3.8) is 0 Å². The molecule has 1 unspecified atom stereocenters. The molecule has 2 amide bonds. The van der Waals surface area contributed by atoms with Gasteiger partial charge in [0.25, 0.3) is 17.4 Å². The van der Waals surface area contributed by atoms with Crippen LogP contribution in [0, 0.1) is 18.6 Å². The lowest BCUT2D eigenvalue weighted by molar-refractivity contribution is -0.132. The molecule has 1 saturated heterocycles. The molecule has 4 aromatic rings. The van der Waals surface area contributed by atoms with E-state index in [9.17, 15) is 23.9 Å². The number of amides is 2. The molecule has 46 heavy (non-hydrogen) atoms. The summed E-state index contributed by atoms with van der Waals surface area (Å²) < 4.78 is 46.2. The maximum Gasteiger partial charge on any atom is 0.282 e. The van der Waals surface area contributed by atoms with E-state index in [0.29, 0.717) is 16.9 Å². The third-order valence-corrected chi connectivity index (χ3v) is 8.53. The number of phenolic OH excluding ortho intramolecular Hbond substituents is 1. The number of aryl methyl sites for hydroxylation is 1. The number of pyridine rings is 3. The molecule has 2 atom stereocenters. The van der Waals surface area contributed by atoms with Gasteiger partial charge in [-0.05, 0) is 73.9 Å². The number of hydrogen-bond donors (Lipinski definition) is 2. The second-order valence-corrected chi connectivity index (χ2v) is 11.8. The van der Waals surface area contributed by atoms with Gasteiger partial charge in [-0.15, -0.1) is 0 Å². The topological polar surface area (TPSA) is 117 Å². The molecule has 12 heteroatoms. The molecule has 0 saturated carbocycles. The normalized spacial score (nSPS) is 16.6. The molecule has 9 nitrogen and oxygen atoms in total. The summed E-state index contributed by atoms with van der Waals surface area (Å²) in [5, 5.41) is 13.2. The van der Waals surface area contributed by atoms with Gasteiger partial charge in [-0.3, -0.25) is 23.9 Å². The molecule has 1 aliphatic rings. The number of benzene rings is 1. The molecule has 0 spiro atoms. The van der Waals surface area contributed by atoms with Gasteiger partial charge in [0.05, 0.1) is 16.9 Å². The van der Waals surface area contributed by atoms with Crippen molar-refractivity contribution in [2.75, 3.05) is 13.6 Å². The predicted molar refractivity (Wildman–Crippen MR) is 168 cm³/mol. The Hall–Kier alpha value is -5.00. The molecule has 0 bridgehead atoms. The summed E-state index contributed by atoms with van der Waals surface area (Å²) in [6, 6.07) is 5.77. The fraction of sp³-hybridized carbons (Fsp3) is 0.324. The molecule has 4 heterocycles. The van der Waals surface area contributed by atoms with Gasteiger partial charge in [-0.1, -0.05) is 26.5 Å². The number of halogens is 3. The van der Waals surface area contributed by atoms with Gasteiger partial charge in [-0.25, -0.2) is 18.2 Å². The number of carbonyl (C=O) groups excluding carboxylic acids is 2.